The molecule has 2 aromatic rings. The number of benzene rings is 1. The van der Waals surface area contributed by atoms with Gasteiger partial charge in [-0.25, -0.2) is 0 Å². The van der Waals surface area contributed by atoms with E-state index in [1.807, 2.05) is 13.0 Å². The van der Waals surface area contributed by atoms with Crippen molar-refractivity contribution in [2.24, 2.45) is 5.73 Å². The third kappa shape index (κ3) is 2.97. The van der Waals surface area contributed by atoms with Crippen molar-refractivity contribution < 1.29 is 4.74 Å². The van der Waals surface area contributed by atoms with Gasteiger partial charge in [0.1, 0.15) is 22.2 Å². The zero-order chi connectivity index (χ0) is 13.1. The normalized spacial score (nSPS) is 10.1. The summed E-state index contributed by atoms with van der Waals surface area (Å²) in [5, 5.41) is 0.709. The van der Waals surface area contributed by atoms with Crippen LogP contribution in [0.5, 0.6) is 11.5 Å². The van der Waals surface area contributed by atoms with E-state index in [4.69, 9.17) is 34.3 Å². The molecule has 0 saturated carbocycles. The second-order valence-electron chi connectivity index (χ2n) is 3.75. The Morgan fingerprint density at radius 3 is 2.67 bits per heavy atom. The molecule has 1 heterocycles. The zero-order valence-corrected chi connectivity index (χ0v) is 11.3. The highest BCUT2D eigenvalue weighted by atomic mass is 35.5. The summed E-state index contributed by atoms with van der Waals surface area (Å²) in [6.07, 6.45) is 1.60. The molecule has 5 heteroatoms. The quantitative estimate of drug-likeness (QED) is 0.874. The van der Waals surface area contributed by atoms with Crippen molar-refractivity contribution in [3.8, 4) is 11.5 Å². The number of thiocarbonyl (C=S) groups is 1. The number of rotatable bonds is 3. The van der Waals surface area contributed by atoms with Crippen LogP contribution >= 0.6 is 23.8 Å². The van der Waals surface area contributed by atoms with Crippen LogP contribution in [0.15, 0.2) is 36.5 Å². The molecule has 92 valence electrons. The van der Waals surface area contributed by atoms with Gasteiger partial charge in [-0.3, -0.25) is 4.98 Å². The minimum absolute atomic E-state index is 0.243. The second kappa shape index (κ2) is 5.33. The van der Waals surface area contributed by atoms with Crippen LogP contribution in [-0.4, -0.2) is 9.97 Å². The standard InChI is InChI=1S/C13H11ClN2OS/c1-8-6-9(2-3-11(8)14)17-10-4-5-16-12(7-10)13(15)18/h2-7H,1H3,(H2,15,18). The summed E-state index contributed by atoms with van der Waals surface area (Å²) in [6, 6.07) is 8.90. The van der Waals surface area contributed by atoms with E-state index < -0.39 is 0 Å². The molecule has 0 radical (unpaired) electrons. The van der Waals surface area contributed by atoms with Gasteiger partial charge >= 0.3 is 0 Å². The van der Waals surface area contributed by atoms with E-state index in [-0.39, 0.29) is 4.99 Å². The first kappa shape index (κ1) is 12.8. The molecule has 1 aromatic heterocycles. The van der Waals surface area contributed by atoms with Crippen LogP contribution in [0.4, 0.5) is 0 Å². The summed E-state index contributed by atoms with van der Waals surface area (Å²) in [4.78, 5) is 4.29. The van der Waals surface area contributed by atoms with Crippen LogP contribution in [0.2, 0.25) is 5.02 Å². The maximum atomic E-state index is 5.95. The van der Waals surface area contributed by atoms with Crippen LogP contribution < -0.4 is 10.5 Å². The van der Waals surface area contributed by atoms with Gasteiger partial charge in [0.25, 0.3) is 0 Å². The van der Waals surface area contributed by atoms with Crippen molar-refractivity contribution in [3.63, 3.8) is 0 Å². The predicted octanol–water partition coefficient (Wildman–Crippen LogP) is 3.47. The summed E-state index contributed by atoms with van der Waals surface area (Å²) in [7, 11) is 0. The van der Waals surface area contributed by atoms with Gasteiger partial charge in [0, 0.05) is 17.3 Å². The number of pyridine rings is 1. The molecule has 0 fully saturated rings. The summed E-state index contributed by atoms with van der Waals surface area (Å²) >= 11 is 10.8. The highest BCUT2D eigenvalue weighted by molar-refractivity contribution is 7.80. The summed E-state index contributed by atoms with van der Waals surface area (Å²) in [6.45, 7) is 1.92. The predicted molar refractivity (Wildman–Crippen MR) is 76.4 cm³/mol. The minimum Gasteiger partial charge on any atom is -0.457 e. The van der Waals surface area contributed by atoms with Crippen molar-refractivity contribution in [2.45, 2.75) is 6.92 Å². The molecule has 0 amide bonds. The molecule has 0 aliphatic heterocycles. The Labute approximate surface area is 116 Å². The highest BCUT2D eigenvalue weighted by Crippen LogP contribution is 2.25. The van der Waals surface area contributed by atoms with E-state index in [9.17, 15) is 0 Å². The maximum Gasteiger partial charge on any atom is 0.131 e. The molecule has 0 saturated heterocycles. The maximum absolute atomic E-state index is 5.95. The van der Waals surface area contributed by atoms with Gasteiger partial charge in [-0.05, 0) is 36.8 Å². The molecular formula is C13H11ClN2OS. The zero-order valence-electron chi connectivity index (χ0n) is 9.68. The van der Waals surface area contributed by atoms with Gasteiger partial charge in [0.05, 0.1) is 0 Å². The molecule has 0 atom stereocenters. The van der Waals surface area contributed by atoms with Gasteiger partial charge in [-0.2, -0.15) is 0 Å². The first-order valence-electron chi connectivity index (χ1n) is 5.26. The Balaban J connectivity index is 2.25. The Kier molecular flexibility index (Phi) is 3.79. The summed E-state index contributed by atoms with van der Waals surface area (Å²) < 4.78 is 5.69. The van der Waals surface area contributed by atoms with Crippen molar-refractivity contribution in [1.29, 1.82) is 0 Å². The van der Waals surface area contributed by atoms with E-state index in [1.165, 1.54) is 0 Å². The lowest BCUT2D eigenvalue weighted by atomic mass is 10.2. The Bertz CT molecular complexity index is 601. The number of nitrogens with zero attached hydrogens (tertiary/aromatic N) is 1. The molecule has 18 heavy (non-hydrogen) atoms. The SMILES string of the molecule is Cc1cc(Oc2ccnc(C(N)=S)c2)ccc1Cl. The molecule has 2 rings (SSSR count). The molecule has 0 spiro atoms. The van der Waals surface area contributed by atoms with Gasteiger partial charge in [-0.15, -0.1) is 0 Å². The Hall–Kier alpha value is -1.65. The minimum atomic E-state index is 0.243. The topological polar surface area (TPSA) is 48.1 Å². The first-order chi connectivity index (χ1) is 8.56. The molecule has 0 aliphatic rings. The number of aromatic nitrogens is 1. The van der Waals surface area contributed by atoms with E-state index in [2.05, 4.69) is 4.98 Å². The molecule has 2 N–H and O–H groups in total. The smallest absolute Gasteiger partial charge is 0.131 e. The highest BCUT2D eigenvalue weighted by Gasteiger charge is 2.03. The van der Waals surface area contributed by atoms with Crippen molar-refractivity contribution >= 4 is 28.8 Å². The van der Waals surface area contributed by atoms with Gasteiger partial charge < -0.3 is 10.5 Å². The third-order valence-electron chi connectivity index (χ3n) is 2.35. The van der Waals surface area contributed by atoms with Crippen LogP contribution in [-0.2, 0) is 0 Å². The number of hydrogen-bond acceptors (Lipinski definition) is 3. The number of ether oxygens (including phenoxy) is 1. The summed E-state index contributed by atoms with van der Waals surface area (Å²) in [5.74, 6) is 1.34. The molecule has 0 bridgehead atoms. The van der Waals surface area contributed by atoms with Crippen LogP contribution in [0.3, 0.4) is 0 Å². The first-order valence-corrected chi connectivity index (χ1v) is 6.05. The van der Waals surface area contributed by atoms with E-state index in [1.54, 1.807) is 30.5 Å². The lowest BCUT2D eigenvalue weighted by Gasteiger charge is -2.08. The molecule has 0 aliphatic carbocycles. The number of aryl methyl sites for hydroxylation is 1. The fourth-order valence-electron chi connectivity index (χ4n) is 1.43. The van der Waals surface area contributed by atoms with Crippen molar-refractivity contribution in [1.82, 2.24) is 4.98 Å². The van der Waals surface area contributed by atoms with Crippen LogP contribution in [0.25, 0.3) is 0 Å². The monoisotopic (exact) mass is 278 g/mol. The van der Waals surface area contributed by atoms with Crippen LogP contribution in [0, 0.1) is 6.92 Å². The molecule has 3 nitrogen and oxygen atoms in total. The average molecular weight is 279 g/mol. The Morgan fingerprint density at radius 2 is 2.00 bits per heavy atom. The molecular weight excluding hydrogens is 268 g/mol. The van der Waals surface area contributed by atoms with Crippen LogP contribution in [0.1, 0.15) is 11.3 Å². The molecule has 0 unspecified atom stereocenters. The van der Waals surface area contributed by atoms with Gasteiger partial charge in [0.2, 0.25) is 0 Å². The van der Waals surface area contributed by atoms with Crippen molar-refractivity contribution in [3.05, 3.63) is 52.8 Å². The largest absolute Gasteiger partial charge is 0.457 e. The summed E-state index contributed by atoms with van der Waals surface area (Å²) in [5.41, 5.74) is 7.01. The van der Waals surface area contributed by atoms with Crippen molar-refractivity contribution in [2.75, 3.05) is 0 Å². The molecule has 1 aromatic carbocycles. The fourth-order valence-corrected chi connectivity index (χ4v) is 1.66. The van der Waals surface area contributed by atoms with E-state index in [0.717, 1.165) is 5.56 Å². The lowest BCUT2D eigenvalue weighted by molar-refractivity contribution is 0.481. The van der Waals surface area contributed by atoms with E-state index >= 15 is 0 Å². The average Bonchev–Trinajstić information content (AvgIpc) is 2.34. The Morgan fingerprint density at radius 1 is 1.28 bits per heavy atom. The number of hydrogen-bond donors (Lipinski definition) is 1. The van der Waals surface area contributed by atoms with Gasteiger partial charge in [0.15, 0.2) is 0 Å². The number of halogens is 1. The van der Waals surface area contributed by atoms with Gasteiger partial charge in [-0.1, -0.05) is 23.8 Å². The number of nitrogens with two attached hydrogens (primary N) is 1. The van der Waals surface area contributed by atoms with E-state index in [0.29, 0.717) is 22.2 Å². The second-order valence-corrected chi connectivity index (χ2v) is 4.60. The third-order valence-corrected chi connectivity index (χ3v) is 2.98. The fraction of sp³-hybridized carbons (Fsp3) is 0.0769. The lowest BCUT2D eigenvalue weighted by Crippen LogP contribution is -2.11.